The Morgan fingerprint density at radius 2 is 1.76 bits per heavy atom. The monoisotopic (exact) mass is 234 g/mol. The first-order chi connectivity index (χ1) is 8.11. The lowest BCUT2D eigenvalue weighted by atomic mass is 10.2. The third kappa shape index (κ3) is 5.85. The van der Waals surface area contributed by atoms with E-state index in [0.717, 1.165) is 13.1 Å². The summed E-state index contributed by atoms with van der Waals surface area (Å²) in [6.45, 7) is 8.83. The van der Waals surface area contributed by atoms with E-state index in [4.69, 9.17) is 0 Å². The normalized spacial score (nSPS) is 14.9. The van der Waals surface area contributed by atoms with E-state index >= 15 is 0 Å². The number of nitrogens with one attached hydrogen (secondary N) is 1. The van der Waals surface area contributed by atoms with Crippen LogP contribution in [-0.2, 0) is 6.54 Å². The third-order valence-electron chi connectivity index (χ3n) is 3.06. The van der Waals surface area contributed by atoms with Crippen molar-refractivity contribution in [2.45, 2.75) is 45.8 Å². The largest absolute Gasteiger partial charge is 0.311 e. The predicted molar refractivity (Wildman–Crippen MR) is 75.1 cm³/mol. The van der Waals surface area contributed by atoms with E-state index in [1.807, 2.05) is 0 Å². The molecule has 2 unspecified atom stereocenters. The number of benzene rings is 1. The number of nitrogens with zero attached hydrogens (tertiary/aromatic N) is 1. The van der Waals surface area contributed by atoms with Crippen LogP contribution in [0.1, 0.15) is 32.8 Å². The second-order valence-electron chi connectivity index (χ2n) is 5.06. The number of likely N-dealkylation sites (N-methyl/N-ethyl adjacent to an activating group) is 1. The van der Waals surface area contributed by atoms with Crippen molar-refractivity contribution in [3.05, 3.63) is 35.9 Å². The summed E-state index contributed by atoms with van der Waals surface area (Å²) in [7, 11) is 2.18. The zero-order valence-corrected chi connectivity index (χ0v) is 11.6. The summed E-state index contributed by atoms with van der Waals surface area (Å²) in [5.74, 6) is 0. The average Bonchev–Trinajstić information content (AvgIpc) is 2.29. The van der Waals surface area contributed by atoms with E-state index < -0.39 is 0 Å². The summed E-state index contributed by atoms with van der Waals surface area (Å²) in [6, 6.07) is 11.8. The Labute approximate surface area is 106 Å². The standard InChI is InChI=1S/C15H26N2/c1-5-13(2)16-14(3)11-17(4)12-15-9-7-6-8-10-15/h6-10,13-14,16H,5,11-12H2,1-4H3. The highest BCUT2D eigenvalue weighted by atomic mass is 15.1. The molecule has 17 heavy (non-hydrogen) atoms. The minimum atomic E-state index is 0.540. The van der Waals surface area contributed by atoms with Gasteiger partial charge in [0, 0.05) is 25.2 Å². The zero-order chi connectivity index (χ0) is 12.7. The SMILES string of the molecule is CCC(C)NC(C)CN(C)Cc1ccccc1. The van der Waals surface area contributed by atoms with Gasteiger partial charge >= 0.3 is 0 Å². The Morgan fingerprint density at radius 1 is 1.12 bits per heavy atom. The Hall–Kier alpha value is -0.860. The average molecular weight is 234 g/mol. The molecular weight excluding hydrogens is 208 g/mol. The molecule has 1 aromatic carbocycles. The smallest absolute Gasteiger partial charge is 0.0231 e. The summed E-state index contributed by atoms with van der Waals surface area (Å²) < 4.78 is 0. The van der Waals surface area contributed by atoms with Crippen molar-refractivity contribution in [3.63, 3.8) is 0 Å². The van der Waals surface area contributed by atoms with E-state index in [-0.39, 0.29) is 0 Å². The highest BCUT2D eigenvalue weighted by Crippen LogP contribution is 2.03. The number of hydrogen-bond acceptors (Lipinski definition) is 2. The van der Waals surface area contributed by atoms with Gasteiger partial charge in [0.1, 0.15) is 0 Å². The maximum atomic E-state index is 3.60. The van der Waals surface area contributed by atoms with Crippen LogP contribution < -0.4 is 5.32 Å². The summed E-state index contributed by atoms with van der Waals surface area (Å²) in [5.41, 5.74) is 1.38. The van der Waals surface area contributed by atoms with Gasteiger partial charge in [0.25, 0.3) is 0 Å². The fraction of sp³-hybridized carbons (Fsp3) is 0.600. The van der Waals surface area contributed by atoms with Crippen LogP contribution >= 0.6 is 0 Å². The molecule has 0 radical (unpaired) electrons. The Morgan fingerprint density at radius 3 is 2.35 bits per heavy atom. The molecule has 0 saturated carbocycles. The van der Waals surface area contributed by atoms with Gasteiger partial charge in [0.2, 0.25) is 0 Å². The molecule has 0 bridgehead atoms. The number of hydrogen-bond donors (Lipinski definition) is 1. The minimum Gasteiger partial charge on any atom is -0.311 e. The Balaban J connectivity index is 2.31. The molecule has 1 rings (SSSR count). The van der Waals surface area contributed by atoms with Crippen molar-refractivity contribution >= 4 is 0 Å². The molecular formula is C15H26N2. The molecule has 0 heterocycles. The first-order valence-electron chi connectivity index (χ1n) is 6.60. The van der Waals surface area contributed by atoms with E-state index in [9.17, 15) is 0 Å². The first kappa shape index (κ1) is 14.2. The van der Waals surface area contributed by atoms with Gasteiger partial charge in [-0.05, 0) is 32.9 Å². The van der Waals surface area contributed by atoms with Crippen molar-refractivity contribution in [2.75, 3.05) is 13.6 Å². The van der Waals surface area contributed by atoms with Gasteiger partial charge in [-0.25, -0.2) is 0 Å². The van der Waals surface area contributed by atoms with Gasteiger partial charge < -0.3 is 10.2 Å². The van der Waals surface area contributed by atoms with Crippen molar-refractivity contribution in [2.24, 2.45) is 0 Å². The molecule has 0 aromatic heterocycles. The van der Waals surface area contributed by atoms with Crippen LogP contribution in [0.2, 0.25) is 0 Å². The second-order valence-corrected chi connectivity index (χ2v) is 5.06. The van der Waals surface area contributed by atoms with Crippen LogP contribution in [0, 0.1) is 0 Å². The molecule has 96 valence electrons. The molecule has 2 heteroatoms. The van der Waals surface area contributed by atoms with Gasteiger partial charge in [0.15, 0.2) is 0 Å². The molecule has 2 atom stereocenters. The molecule has 1 aromatic rings. The van der Waals surface area contributed by atoms with Crippen molar-refractivity contribution in [1.29, 1.82) is 0 Å². The first-order valence-corrected chi connectivity index (χ1v) is 6.60. The fourth-order valence-electron chi connectivity index (χ4n) is 2.08. The molecule has 0 aliphatic heterocycles. The second kappa shape index (κ2) is 7.46. The molecule has 0 spiro atoms. The summed E-state index contributed by atoms with van der Waals surface area (Å²) in [6.07, 6.45) is 1.19. The van der Waals surface area contributed by atoms with Gasteiger partial charge in [-0.3, -0.25) is 0 Å². The predicted octanol–water partition coefficient (Wildman–Crippen LogP) is 2.90. The van der Waals surface area contributed by atoms with Crippen LogP contribution in [0.4, 0.5) is 0 Å². The highest BCUT2D eigenvalue weighted by molar-refractivity contribution is 5.14. The highest BCUT2D eigenvalue weighted by Gasteiger charge is 2.08. The molecule has 1 N–H and O–H groups in total. The van der Waals surface area contributed by atoms with E-state index in [1.165, 1.54) is 12.0 Å². The van der Waals surface area contributed by atoms with Crippen molar-refractivity contribution in [3.8, 4) is 0 Å². The maximum Gasteiger partial charge on any atom is 0.0231 e. The molecule has 0 aliphatic rings. The van der Waals surface area contributed by atoms with E-state index in [2.05, 4.69) is 68.4 Å². The lowest BCUT2D eigenvalue weighted by molar-refractivity contribution is 0.279. The lowest BCUT2D eigenvalue weighted by Gasteiger charge is -2.24. The van der Waals surface area contributed by atoms with Crippen LogP contribution in [0.3, 0.4) is 0 Å². The van der Waals surface area contributed by atoms with Crippen LogP contribution in [-0.4, -0.2) is 30.6 Å². The van der Waals surface area contributed by atoms with Gasteiger partial charge in [-0.1, -0.05) is 37.3 Å². The molecule has 2 nitrogen and oxygen atoms in total. The third-order valence-corrected chi connectivity index (χ3v) is 3.06. The Kier molecular flexibility index (Phi) is 6.23. The van der Waals surface area contributed by atoms with E-state index in [0.29, 0.717) is 12.1 Å². The summed E-state index contributed by atoms with van der Waals surface area (Å²) in [5, 5.41) is 3.60. The molecule has 0 saturated heterocycles. The van der Waals surface area contributed by atoms with Crippen molar-refractivity contribution in [1.82, 2.24) is 10.2 Å². The van der Waals surface area contributed by atoms with Crippen LogP contribution in [0.15, 0.2) is 30.3 Å². The van der Waals surface area contributed by atoms with Crippen LogP contribution in [0.5, 0.6) is 0 Å². The number of rotatable bonds is 7. The molecule has 0 amide bonds. The molecule has 0 aliphatic carbocycles. The maximum absolute atomic E-state index is 3.60. The quantitative estimate of drug-likeness (QED) is 0.780. The summed E-state index contributed by atoms with van der Waals surface area (Å²) in [4.78, 5) is 2.37. The zero-order valence-electron chi connectivity index (χ0n) is 11.6. The van der Waals surface area contributed by atoms with E-state index in [1.54, 1.807) is 0 Å². The van der Waals surface area contributed by atoms with Crippen molar-refractivity contribution < 1.29 is 0 Å². The topological polar surface area (TPSA) is 15.3 Å². The lowest BCUT2D eigenvalue weighted by Crippen LogP contribution is -2.41. The summed E-state index contributed by atoms with van der Waals surface area (Å²) >= 11 is 0. The van der Waals surface area contributed by atoms with Crippen LogP contribution in [0.25, 0.3) is 0 Å². The van der Waals surface area contributed by atoms with Gasteiger partial charge in [0.05, 0.1) is 0 Å². The molecule has 0 fully saturated rings. The fourth-order valence-corrected chi connectivity index (χ4v) is 2.08. The van der Waals surface area contributed by atoms with Gasteiger partial charge in [-0.15, -0.1) is 0 Å². The Bertz CT molecular complexity index is 297. The minimum absolute atomic E-state index is 0.540. The van der Waals surface area contributed by atoms with Gasteiger partial charge in [-0.2, -0.15) is 0 Å².